The number of rotatable bonds is 6. The van der Waals surface area contributed by atoms with Crippen molar-refractivity contribution in [3.8, 4) is 22.6 Å². The number of aromatic nitrogens is 5. The molecule has 0 aliphatic carbocycles. The molecule has 28 heavy (non-hydrogen) atoms. The molecule has 0 aliphatic heterocycles. The van der Waals surface area contributed by atoms with Gasteiger partial charge >= 0.3 is 0 Å². The van der Waals surface area contributed by atoms with E-state index >= 15 is 0 Å². The summed E-state index contributed by atoms with van der Waals surface area (Å²) >= 11 is 0. The van der Waals surface area contributed by atoms with Crippen LogP contribution in [0, 0.1) is 0 Å². The second-order valence-corrected chi connectivity index (χ2v) is 6.44. The smallest absolute Gasteiger partial charge is 0.180 e. The summed E-state index contributed by atoms with van der Waals surface area (Å²) in [5.74, 6) is 1.44. The number of H-pyrrole nitrogens is 1. The number of aromatic amines is 1. The number of nitrogens with zero attached hydrogens (tertiary/aromatic N) is 5. The first-order valence-electron chi connectivity index (χ1n) is 9.14. The van der Waals surface area contributed by atoms with E-state index < -0.39 is 0 Å². The highest BCUT2D eigenvalue weighted by Crippen LogP contribution is 2.31. The lowest BCUT2D eigenvalue weighted by atomic mass is 10.0. The Morgan fingerprint density at radius 2 is 1.71 bits per heavy atom. The minimum absolute atomic E-state index is 0.595. The Balaban J connectivity index is 1.74. The van der Waals surface area contributed by atoms with Crippen LogP contribution < -0.4 is 10.6 Å². The molecule has 2 aromatic carbocycles. The van der Waals surface area contributed by atoms with Gasteiger partial charge in [-0.3, -0.25) is 0 Å². The second kappa shape index (κ2) is 7.87. The molecule has 7 heteroatoms. The van der Waals surface area contributed by atoms with Crippen molar-refractivity contribution in [3.05, 3.63) is 72.3 Å². The normalized spacial score (nSPS) is 10.8. The predicted molar refractivity (Wildman–Crippen MR) is 110 cm³/mol. The van der Waals surface area contributed by atoms with E-state index in [9.17, 15) is 0 Å². The molecular formula is C21H21N7. The van der Waals surface area contributed by atoms with Gasteiger partial charge in [0.15, 0.2) is 5.82 Å². The van der Waals surface area contributed by atoms with Crippen molar-refractivity contribution in [1.82, 2.24) is 25.6 Å². The number of hydrogen-bond acceptors (Lipinski definition) is 6. The molecule has 0 fully saturated rings. The molecule has 0 radical (unpaired) electrons. The van der Waals surface area contributed by atoms with Gasteiger partial charge in [0, 0.05) is 36.0 Å². The highest BCUT2D eigenvalue weighted by molar-refractivity contribution is 5.80. The predicted octanol–water partition coefficient (Wildman–Crippen LogP) is 3.54. The van der Waals surface area contributed by atoms with Crippen molar-refractivity contribution in [2.75, 3.05) is 17.2 Å². The molecule has 0 unspecified atom stereocenters. The molecule has 4 rings (SSSR count). The molecule has 0 aliphatic rings. The number of nitrogens with two attached hydrogens (primary N) is 1. The van der Waals surface area contributed by atoms with Crippen LogP contribution in [0.4, 0.5) is 11.5 Å². The molecular weight excluding hydrogens is 350 g/mol. The van der Waals surface area contributed by atoms with Crippen LogP contribution >= 0.6 is 0 Å². The van der Waals surface area contributed by atoms with E-state index in [0.29, 0.717) is 11.5 Å². The molecule has 0 amide bonds. The van der Waals surface area contributed by atoms with Crippen LogP contribution in [-0.4, -0.2) is 32.2 Å². The summed E-state index contributed by atoms with van der Waals surface area (Å²) in [6.45, 7) is 3.70. The zero-order valence-corrected chi connectivity index (χ0v) is 15.6. The molecule has 7 nitrogen and oxygen atoms in total. The number of anilines is 2. The Hall–Kier alpha value is -3.74. The third-order valence-corrected chi connectivity index (χ3v) is 4.56. The average Bonchev–Trinajstić information content (AvgIpc) is 3.27. The van der Waals surface area contributed by atoms with Gasteiger partial charge in [-0.2, -0.15) is 0 Å². The molecule has 4 aromatic rings. The maximum absolute atomic E-state index is 6.24. The molecule has 2 aromatic heterocycles. The standard InChI is InChI=1S/C21H21N7/c1-2-28(14-15-8-4-3-5-9-15)20-13-16(22)12-19(23-20)17-10-6-7-11-18(17)21-24-26-27-25-21/h3-13H,2,14H2,1H3,(H2,22,23)(H,24,25,26,27). The minimum Gasteiger partial charge on any atom is -0.399 e. The van der Waals surface area contributed by atoms with E-state index in [4.69, 9.17) is 10.7 Å². The lowest BCUT2D eigenvalue weighted by molar-refractivity contribution is 0.815. The number of tetrazole rings is 1. The quantitative estimate of drug-likeness (QED) is 0.538. The van der Waals surface area contributed by atoms with Crippen molar-refractivity contribution in [2.24, 2.45) is 0 Å². The van der Waals surface area contributed by atoms with E-state index in [2.05, 4.69) is 44.6 Å². The first kappa shape index (κ1) is 17.7. The zero-order valence-electron chi connectivity index (χ0n) is 15.6. The number of nitrogens with one attached hydrogen (secondary N) is 1. The summed E-state index contributed by atoms with van der Waals surface area (Å²) in [4.78, 5) is 7.11. The molecule has 0 bridgehead atoms. The lowest BCUT2D eigenvalue weighted by Crippen LogP contribution is -2.23. The fourth-order valence-electron chi connectivity index (χ4n) is 3.18. The SMILES string of the molecule is CCN(Cc1ccccc1)c1cc(N)cc(-c2ccccc2-c2nnn[nH]2)n1. The summed E-state index contributed by atoms with van der Waals surface area (Å²) in [6.07, 6.45) is 0. The van der Waals surface area contributed by atoms with Gasteiger partial charge in [0.2, 0.25) is 0 Å². The van der Waals surface area contributed by atoms with E-state index in [1.54, 1.807) is 0 Å². The van der Waals surface area contributed by atoms with Crippen molar-refractivity contribution < 1.29 is 0 Å². The summed E-state index contributed by atoms with van der Waals surface area (Å²) in [6, 6.07) is 22.0. The van der Waals surface area contributed by atoms with Gasteiger partial charge in [-0.1, -0.05) is 54.6 Å². The van der Waals surface area contributed by atoms with E-state index in [1.807, 2.05) is 54.6 Å². The molecule has 0 spiro atoms. The summed E-state index contributed by atoms with van der Waals surface area (Å²) in [7, 11) is 0. The number of pyridine rings is 1. The Kier molecular flexibility index (Phi) is 4.97. The number of hydrogen-bond donors (Lipinski definition) is 2. The monoisotopic (exact) mass is 371 g/mol. The van der Waals surface area contributed by atoms with E-state index in [-0.39, 0.29) is 0 Å². The second-order valence-electron chi connectivity index (χ2n) is 6.44. The fraction of sp³-hybridized carbons (Fsp3) is 0.143. The third-order valence-electron chi connectivity index (χ3n) is 4.56. The minimum atomic E-state index is 0.595. The van der Waals surface area contributed by atoms with Crippen LogP contribution in [0.15, 0.2) is 66.7 Å². The van der Waals surface area contributed by atoms with Crippen LogP contribution in [0.5, 0.6) is 0 Å². The Morgan fingerprint density at radius 1 is 0.964 bits per heavy atom. The van der Waals surface area contributed by atoms with Crippen molar-refractivity contribution in [3.63, 3.8) is 0 Å². The molecule has 3 N–H and O–H groups in total. The topological polar surface area (TPSA) is 96.6 Å². The van der Waals surface area contributed by atoms with E-state index in [0.717, 1.165) is 35.7 Å². The molecule has 2 heterocycles. The lowest BCUT2D eigenvalue weighted by Gasteiger charge is -2.23. The van der Waals surface area contributed by atoms with Gasteiger partial charge < -0.3 is 10.6 Å². The first-order valence-corrected chi connectivity index (χ1v) is 9.14. The highest BCUT2D eigenvalue weighted by atomic mass is 15.5. The Bertz CT molecular complexity index is 1050. The maximum Gasteiger partial charge on any atom is 0.180 e. The van der Waals surface area contributed by atoms with Gasteiger partial charge in [-0.25, -0.2) is 10.1 Å². The van der Waals surface area contributed by atoms with Crippen LogP contribution in [0.1, 0.15) is 12.5 Å². The molecule has 0 saturated heterocycles. The van der Waals surface area contributed by atoms with Crippen molar-refractivity contribution in [1.29, 1.82) is 0 Å². The van der Waals surface area contributed by atoms with Crippen molar-refractivity contribution >= 4 is 11.5 Å². The summed E-state index contributed by atoms with van der Waals surface area (Å²) < 4.78 is 0. The first-order chi connectivity index (χ1) is 13.7. The average molecular weight is 371 g/mol. The highest BCUT2D eigenvalue weighted by Gasteiger charge is 2.14. The third kappa shape index (κ3) is 3.68. The van der Waals surface area contributed by atoms with Crippen LogP contribution in [0.2, 0.25) is 0 Å². The fourth-order valence-corrected chi connectivity index (χ4v) is 3.18. The molecule has 140 valence electrons. The van der Waals surface area contributed by atoms with Gasteiger partial charge in [0.25, 0.3) is 0 Å². The van der Waals surface area contributed by atoms with Gasteiger partial charge in [-0.05, 0) is 29.0 Å². The van der Waals surface area contributed by atoms with E-state index in [1.165, 1.54) is 5.56 Å². The number of nitrogen functional groups attached to an aromatic ring is 1. The van der Waals surface area contributed by atoms with Crippen LogP contribution in [-0.2, 0) is 6.54 Å². The van der Waals surface area contributed by atoms with Crippen LogP contribution in [0.3, 0.4) is 0 Å². The summed E-state index contributed by atoms with van der Waals surface area (Å²) in [5.41, 5.74) is 10.7. The summed E-state index contributed by atoms with van der Waals surface area (Å²) in [5, 5.41) is 14.2. The van der Waals surface area contributed by atoms with Gasteiger partial charge in [0.1, 0.15) is 5.82 Å². The maximum atomic E-state index is 6.24. The largest absolute Gasteiger partial charge is 0.399 e. The van der Waals surface area contributed by atoms with Crippen molar-refractivity contribution in [2.45, 2.75) is 13.5 Å². The van der Waals surface area contributed by atoms with Gasteiger partial charge in [0.05, 0.1) is 5.69 Å². The Morgan fingerprint density at radius 3 is 2.43 bits per heavy atom. The molecule has 0 atom stereocenters. The van der Waals surface area contributed by atoms with Crippen LogP contribution in [0.25, 0.3) is 22.6 Å². The number of benzene rings is 2. The zero-order chi connectivity index (χ0) is 19.3. The van der Waals surface area contributed by atoms with Gasteiger partial charge in [-0.15, -0.1) is 5.10 Å². The Labute approximate surface area is 163 Å². The molecule has 0 saturated carbocycles.